The van der Waals surface area contributed by atoms with Gasteiger partial charge in [-0.1, -0.05) is 17.3 Å². The normalized spacial score (nSPS) is 17.0. The Morgan fingerprint density at radius 2 is 1.78 bits per heavy atom. The van der Waals surface area contributed by atoms with Crippen molar-refractivity contribution in [3.8, 4) is 11.4 Å². The molecule has 1 amide bonds. The molecule has 0 atom stereocenters. The van der Waals surface area contributed by atoms with Gasteiger partial charge in [-0.15, -0.1) is 0 Å². The van der Waals surface area contributed by atoms with Crippen LogP contribution in [0, 0.1) is 0 Å². The number of aromatic nitrogens is 3. The van der Waals surface area contributed by atoms with Crippen LogP contribution in [0.3, 0.4) is 0 Å². The average molecular weight is 443 g/mol. The first kappa shape index (κ1) is 20.5. The van der Waals surface area contributed by atoms with Crippen LogP contribution in [0.4, 0.5) is 19.0 Å². The number of carbonyl (C=O) groups is 1. The molecule has 32 heavy (non-hydrogen) atoms. The summed E-state index contributed by atoms with van der Waals surface area (Å²) in [5, 5.41) is 4.01. The maximum absolute atomic E-state index is 13.3. The van der Waals surface area contributed by atoms with Gasteiger partial charge in [0.1, 0.15) is 5.82 Å². The van der Waals surface area contributed by atoms with Crippen LogP contribution >= 0.6 is 0 Å². The smallest absolute Gasteiger partial charge is 0.353 e. The van der Waals surface area contributed by atoms with Crippen LogP contribution in [0.15, 0.2) is 47.1 Å². The third kappa shape index (κ3) is 4.04. The second-order valence-corrected chi connectivity index (χ2v) is 7.96. The van der Waals surface area contributed by atoms with Crippen molar-refractivity contribution in [2.45, 2.75) is 24.9 Å². The predicted molar refractivity (Wildman–Crippen MR) is 109 cm³/mol. The molecule has 0 bridgehead atoms. The fourth-order valence-electron chi connectivity index (χ4n) is 3.78. The summed E-state index contributed by atoms with van der Waals surface area (Å²) in [4.78, 5) is 25.1. The first-order valence-corrected chi connectivity index (χ1v) is 10.4. The van der Waals surface area contributed by atoms with E-state index in [4.69, 9.17) is 4.52 Å². The van der Waals surface area contributed by atoms with Gasteiger partial charge in [0.05, 0.1) is 11.1 Å². The number of amides is 1. The van der Waals surface area contributed by atoms with Crippen molar-refractivity contribution in [1.82, 2.24) is 20.0 Å². The molecule has 5 rings (SSSR count). The van der Waals surface area contributed by atoms with Crippen LogP contribution < -0.4 is 4.90 Å². The lowest BCUT2D eigenvalue weighted by molar-refractivity contribution is -0.138. The number of anilines is 1. The molecule has 0 radical (unpaired) electrons. The second kappa shape index (κ2) is 7.92. The Morgan fingerprint density at radius 1 is 1.03 bits per heavy atom. The lowest BCUT2D eigenvalue weighted by atomic mass is 10.1. The van der Waals surface area contributed by atoms with E-state index >= 15 is 0 Å². The van der Waals surface area contributed by atoms with Crippen LogP contribution in [0.2, 0.25) is 0 Å². The van der Waals surface area contributed by atoms with Gasteiger partial charge in [0.25, 0.3) is 5.91 Å². The molecule has 0 unspecified atom stereocenters. The lowest BCUT2D eigenvalue weighted by Gasteiger charge is -2.35. The van der Waals surface area contributed by atoms with Crippen LogP contribution in [-0.4, -0.2) is 52.1 Å². The third-order valence-electron chi connectivity index (χ3n) is 5.73. The standard InChI is InChI=1S/C22H20F3N5O2/c23-22(24,25)17-4-2-1-3-16(17)21(31)30-11-9-29(10-12-30)18-8-7-15(13-26-18)19-27-20(32-28-19)14-5-6-14/h1-4,7-8,13-14H,5-6,9-12H2. The second-order valence-electron chi connectivity index (χ2n) is 7.96. The van der Waals surface area contributed by atoms with Gasteiger partial charge in [-0.2, -0.15) is 18.2 Å². The van der Waals surface area contributed by atoms with Crippen molar-refractivity contribution in [3.63, 3.8) is 0 Å². The number of piperazine rings is 1. The Bertz CT molecular complexity index is 1120. The SMILES string of the molecule is O=C(c1ccccc1C(F)(F)F)N1CCN(c2ccc(-c3noc(C4CC4)n3)cn2)CC1. The zero-order valence-corrected chi connectivity index (χ0v) is 17.0. The number of halogens is 3. The molecule has 1 aliphatic heterocycles. The molecule has 3 heterocycles. The summed E-state index contributed by atoms with van der Waals surface area (Å²) >= 11 is 0. The predicted octanol–water partition coefficient (Wildman–Crippen LogP) is 3.99. The number of hydrogen-bond donors (Lipinski definition) is 0. The monoisotopic (exact) mass is 443 g/mol. The minimum atomic E-state index is -4.57. The van der Waals surface area contributed by atoms with Crippen LogP contribution in [-0.2, 0) is 6.18 Å². The van der Waals surface area contributed by atoms with Crippen molar-refractivity contribution in [2.24, 2.45) is 0 Å². The molecule has 1 saturated heterocycles. The number of benzene rings is 1. The Hall–Kier alpha value is -3.43. The quantitative estimate of drug-likeness (QED) is 0.607. The van der Waals surface area contributed by atoms with Gasteiger partial charge in [-0.3, -0.25) is 4.79 Å². The van der Waals surface area contributed by atoms with Crippen molar-refractivity contribution in [3.05, 3.63) is 59.6 Å². The summed E-state index contributed by atoms with van der Waals surface area (Å²) in [7, 11) is 0. The molecular weight excluding hydrogens is 423 g/mol. The molecule has 2 fully saturated rings. The molecular formula is C22H20F3N5O2. The number of pyridine rings is 1. The number of rotatable bonds is 4. The van der Waals surface area contributed by atoms with E-state index in [1.54, 1.807) is 6.20 Å². The van der Waals surface area contributed by atoms with Gasteiger partial charge >= 0.3 is 6.18 Å². The van der Waals surface area contributed by atoms with E-state index in [1.165, 1.54) is 23.1 Å². The van der Waals surface area contributed by atoms with Gasteiger partial charge in [0, 0.05) is 43.9 Å². The Morgan fingerprint density at radius 3 is 2.44 bits per heavy atom. The molecule has 1 aliphatic carbocycles. The van der Waals surface area contributed by atoms with Gasteiger partial charge in [-0.25, -0.2) is 4.98 Å². The van der Waals surface area contributed by atoms with E-state index in [1.807, 2.05) is 17.0 Å². The van der Waals surface area contributed by atoms with Gasteiger partial charge in [0.2, 0.25) is 11.7 Å². The summed E-state index contributed by atoms with van der Waals surface area (Å²) in [5.41, 5.74) is -0.473. The Labute approximate surface area is 181 Å². The Kier molecular flexibility index (Phi) is 5.07. The molecule has 1 aromatic carbocycles. The largest absolute Gasteiger partial charge is 0.417 e. The maximum Gasteiger partial charge on any atom is 0.417 e. The summed E-state index contributed by atoms with van der Waals surface area (Å²) in [6, 6.07) is 8.60. The molecule has 166 valence electrons. The highest BCUT2D eigenvalue weighted by Gasteiger charge is 2.36. The first-order chi connectivity index (χ1) is 15.4. The molecule has 1 saturated carbocycles. The average Bonchev–Trinajstić information content (AvgIpc) is 3.55. The van der Waals surface area contributed by atoms with E-state index in [0.717, 1.165) is 30.3 Å². The topological polar surface area (TPSA) is 75.4 Å². The minimum Gasteiger partial charge on any atom is -0.353 e. The number of carbonyl (C=O) groups excluding carboxylic acids is 1. The highest BCUT2D eigenvalue weighted by atomic mass is 19.4. The molecule has 3 aromatic rings. The minimum absolute atomic E-state index is 0.310. The lowest BCUT2D eigenvalue weighted by Crippen LogP contribution is -2.49. The number of alkyl halides is 3. The van der Waals surface area contributed by atoms with E-state index in [-0.39, 0.29) is 5.56 Å². The van der Waals surface area contributed by atoms with Gasteiger partial charge < -0.3 is 14.3 Å². The molecule has 7 nitrogen and oxygen atoms in total. The van der Waals surface area contributed by atoms with Crippen molar-refractivity contribution in [1.29, 1.82) is 0 Å². The molecule has 2 aromatic heterocycles. The van der Waals surface area contributed by atoms with E-state index < -0.39 is 17.6 Å². The highest BCUT2D eigenvalue weighted by Crippen LogP contribution is 2.39. The molecule has 0 spiro atoms. The van der Waals surface area contributed by atoms with Crippen LogP contribution in [0.25, 0.3) is 11.4 Å². The molecule has 10 heteroatoms. The van der Waals surface area contributed by atoms with Crippen LogP contribution in [0.5, 0.6) is 0 Å². The van der Waals surface area contributed by atoms with E-state index in [2.05, 4.69) is 15.1 Å². The van der Waals surface area contributed by atoms with Crippen molar-refractivity contribution >= 4 is 11.7 Å². The number of hydrogen-bond acceptors (Lipinski definition) is 6. The van der Waals surface area contributed by atoms with Crippen molar-refractivity contribution < 1.29 is 22.5 Å². The van der Waals surface area contributed by atoms with E-state index in [0.29, 0.717) is 43.8 Å². The van der Waals surface area contributed by atoms with Gasteiger partial charge in [-0.05, 0) is 37.1 Å². The first-order valence-electron chi connectivity index (χ1n) is 10.4. The summed E-state index contributed by atoms with van der Waals surface area (Å²) in [6.45, 7) is 1.56. The zero-order chi connectivity index (χ0) is 22.3. The summed E-state index contributed by atoms with van der Waals surface area (Å²) < 4.78 is 45.1. The zero-order valence-electron chi connectivity index (χ0n) is 17.0. The van der Waals surface area contributed by atoms with Gasteiger partial charge in [0.15, 0.2) is 0 Å². The number of nitrogens with zero attached hydrogens (tertiary/aromatic N) is 5. The van der Waals surface area contributed by atoms with E-state index in [9.17, 15) is 18.0 Å². The molecule has 2 aliphatic rings. The fraction of sp³-hybridized carbons (Fsp3) is 0.364. The molecule has 0 N–H and O–H groups in total. The third-order valence-corrected chi connectivity index (χ3v) is 5.73. The summed E-state index contributed by atoms with van der Waals surface area (Å²) in [5.74, 6) is 1.67. The maximum atomic E-state index is 13.3. The Balaban J connectivity index is 1.23. The highest BCUT2D eigenvalue weighted by molar-refractivity contribution is 5.96. The summed E-state index contributed by atoms with van der Waals surface area (Å²) in [6.07, 6.45) is -0.740. The van der Waals surface area contributed by atoms with Crippen molar-refractivity contribution in [2.75, 3.05) is 31.1 Å². The fourth-order valence-corrected chi connectivity index (χ4v) is 3.78. The van der Waals surface area contributed by atoms with Crippen LogP contribution in [0.1, 0.15) is 40.6 Å².